The number of halogens is 3. The normalized spacial score (nSPS) is 16.6. The van der Waals surface area contributed by atoms with E-state index in [1.54, 1.807) is 24.6 Å². The molecule has 1 fully saturated rings. The van der Waals surface area contributed by atoms with E-state index < -0.39 is 6.36 Å². The Kier molecular flexibility index (Phi) is 10.3. The zero-order chi connectivity index (χ0) is 27.5. The first-order chi connectivity index (χ1) is 18.1. The second-order valence-electron chi connectivity index (χ2n) is 8.05. The molecule has 2 heterocycles. The summed E-state index contributed by atoms with van der Waals surface area (Å²) in [5, 5.41) is 7.33. The number of thioether (sulfide) groups is 1. The van der Waals surface area contributed by atoms with Gasteiger partial charge >= 0.3 is 6.36 Å². The summed E-state index contributed by atoms with van der Waals surface area (Å²) in [5.41, 5.74) is 7.73. The summed E-state index contributed by atoms with van der Waals surface area (Å²) in [5.74, 6) is -0.0736. The van der Waals surface area contributed by atoms with Crippen LogP contribution in [0.3, 0.4) is 0 Å². The third-order valence-corrected chi connectivity index (χ3v) is 6.06. The summed E-state index contributed by atoms with van der Waals surface area (Å²) < 4.78 is 41.4. The van der Waals surface area contributed by atoms with E-state index in [0.29, 0.717) is 10.7 Å². The molecule has 38 heavy (non-hydrogen) atoms. The van der Waals surface area contributed by atoms with Crippen molar-refractivity contribution in [1.82, 2.24) is 20.0 Å². The highest BCUT2D eigenvalue weighted by Crippen LogP contribution is 2.27. The molecule has 0 radical (unpaired) electrons. The predicted molar refractivity (Wildman–Crippen MR) is 147 cm³/mol. The van der Waals surface area contributed by atoms with Crippen LogP contribution in [0, 0.1) is 0 Å². The van der Waals surface area contributed by atoms with Gasteiger partial charge in [-0.2, -0.15) is 15.1 Å². The lowest BCUT2D eigenvalue weighted by Crippen LogP contribution is -2.43. The number of benzene rings is 1. The van der Waals surface area contributed by atoms with Crippen LogP contribution < -0.4 is 10.5 Å². The van der Waals surface area contributed by atoms with Crippen molar-refractivity contribution >= 4 is 40.6 Å². The van der Waals surface area contributed by atoms with Gasteiger partial charge in [-0.3, -0.25) is 5.10 Å². The van der Waals surface area contributed by atoms with Gasteiger partial charge in [-0.15, -0.1) is 13.2 Å². The van der Waals surface area contributed by atoms with Gasteiger partial charge in [0.05, 0.1) is 12.0 Å². The van der Waals surface area contributed by atoms with E-state index in [0.717, 1.165) is 49.2 Å². The van der Waals surface area contributed by atoms with Gasteiger partial charge in [0.15, 0.2) is 11.0 Å². The highest BCUT2D eigenvalue weighted by Gasteiger charge is 2.31. The number of likely N-dealkylation sites (N-methyl/N-ethyl adjacent to an activating group) is 1. The standard InChI is InChI=1S/C25H29F3N8OS/c1-4-6-7-18(5-2)21-16-22(34-33-21)31-23(29)32-24(30-17-36-14-12-35(3)13-15-36)38-20-10-8-19(9-11-20)37-25(26,27)28/h4-11,16-17H,1,12-15H2,2-3H3,(H3,29,31,33,34)/b7-6-,18-5+,30-17?,32-24?. The molecule has 1 saturated heterocycles. The largest absolute Gasteiger partial charge is 0.573 e. The SMILES string of the molecule is C=C/C=C\C(=C/C)c1cc(N=C(N)N=C(N=CN2CCN(C)CC2)Sc2ccc(OC(F)(F)F)cc2)n[nH]1. The number of hydrogen-bond donors (Lipinski definition) is 2. The van der Waals surface area contributed by atoms with Crippen LogP contribution in [-0.2, 0) is 0 Å². The molecule has 1 aliphatic rings. The minimum Gasteiger partial charge on any atom is -0.406 e. The Morgan fingerprint density at radius 2 is 1.92 bits per heavy atom. The zero-order valence-corrected chi connectivity index (χ0v) is 21.8. The summed E-state index contributed by atoms with van der Waals surface area (Å²) in [4.78, 5) is 17.9. The molecule has 3 N–H and O–H groups in total. The molecule has 0 saturated carbocycles. The molecule has 2 aromatic rings. The summed E-state index contributed by atoms with van der Waals surface area (Å²) in [6, 6.07) is 7.13. The van der Waals surface area contributed by atoms with E-state index in [1.165, 1.54) is 24.3 Å². The number of H-pyrrole nitrogens is 1. The van der Waals surface area contributed by atoms with Crippen molar-refractivity contribution in [3.8, 4) is 5.75 Å². The van der Waals surface area contributed by atoms with Crippen LogP contribution in [0.1, 0.15) is 12.6 Å². The highest BCUT2D eigenvalue weighted by atomic mass is 32.2. The highest BCUT2D eigenvalue weighted by molar-refractivity contribution is 8.14. The molecule has 1 aliphatic heterocycles. The maximum atomic E-state index is 12.5. The second kappa shape index (κ2) is 13.6. The number of rotatable bonds is 7. The smallest absolute Gasteiger partial charge is 0.406 e. The first kappa shape index (κ1) is 28.7. The summed E-state index contributed by atoms with van der Waals surface area (Å²) in [6.45, 7) is 8.96. The number of nitrogens with zero attached hydrogens (tertiary/aromatic N) is 6. The number of aromatic nitrogens is 2. The lowest BCUT2D eigenvalue weighted by molar-refractivity contribution is -0.274. The van der Waals surface area contributed by atoms with Crippen molar-refractivity contribution in [2.24, 2.45) is 20.7 Å². The Bertz CT molecular complexity index is 1220. The average Bonchev–Trinajstić information content (AvgIpc) is 3.32. The topological polar surface area (TPSA) is 107 Å². The minimum absolute atomic E-state index is 0.0817. The van der Waals surface area contributed by atoms with Crippen LogP contribution in [0.25, 0.3) is 5.57 Å². The Hall–Kier alpha value is -3.84. The van der Waals surface area contributed by atoms with Gasteiger partial charge in [0.25, 0.3) is 0 Å². The fourth-order valence-electron chi connectivity index (χ4n) is 3.23. The van der Waals surface area contributed by atoms with Crippen molar-refractivity contribution in [2.45, 2.75) is 18.2 Å². The minimum atomic E-state index is -4.76. The molecule has 0 aliphatic carbocycles. The van der Waals surface area contributed by atoms with Crippen molar-refractivity contribution < 1.29 is 17.9 Å². The molecule has 13 heteroatoms. The van der Waals surface area contributed by atoms with E-state index in [4.69, 9.17) is 5.73 Å². The number of alkyl halides is 3. The van der Waals surface area contributed by atoms with Crippen LogP contribution in [0.4, 0.5) is 19.0 Å². The van der Waals surface area contributed by atoms with Crippen molar-refractivity contribution in [3.63, 3.8) is 0 Å². The van der Waals surface area contributed by atoms with Gasteiger partial charge < -0.3 is 20.3 Å². The molecular weight excluding hydrogens is 517 g/mol. The molecule has 0 spiro atoms. The first-order valence-corrected chi connectivity index (χ1v) is 12.4. The van der Waals surface area contributed by atoms with Crippen molar-refractivity contribution in [3.05, 3.63) is 66.9 Å². The van der Waals surface area contributed by atoms with Crippen LogP contribution in [0.2, 0.25) is 0 Å². The van der Waals surface area contributed by atoms with Crippen LogP contribution in [0.15, 0.2) is 81.1 Å². The van der Waals surface area contributed by atoms with Crippen LogP contribution >= 0.6 is 11.8 Å². The van der Waals surface area contributed by atoms with Gasteiger partial charge in [0.1, 0.15) is 5.75 Å². The first-order valence-electron chi connectivity index (χ1n) is 11.6. The molecular formula is C25H29F3N8OS. The van der Waals surface area contributed by atoms with Gasteiger partial charge in [-0.1, -0.05) is 30.9 Å². The quantitative estimate of drug-likeness (QED) is 0.223. The van der Waals surface area contributed by atoms with Crippen molar-refractivity contribution in [2.75, 3.05) is 33.2 Å². The molecule has 0 amide bonds. The maximum absolute atomic E-state index is 12.5. The number of aliphatic imine (C=N–C) groups is 3. The van der Waals surface area contributed by atoms with Crippen LogP contribution in [0.5, 0.6) is 5.75 Å². The number of amidine groups is 1. The number of ether oxygens (including phenoxy) is 1. The monoisotopic (exact) mass is 546 g/mol. The summed E-state index contributed by atoms with van der Waals surface area (Å²) >= 11 is 1.13. The number of nitrogens with one attached hydrogen (secondary N) is 1. The Balaban J connectivity index is 1.81. The van der Waals surface area contributed by atoms with E-state index in [-0.39, 0.29) is 16.9 Å². The Morgan fingerprint density at radius 1 is 1.21 bits per heavy atom. The lowest BCUT2D eigenvalue weighted by Gasteiger charge is -2.30. The molecule has 0 bridgehead atoms. The van der Waals surface area contributed by atoms with E-state index in [9.17, 15) is 13.2 Å². The molecule has 0 unspecified atom stereocenters. The zero-order valence-electron chi connectivity index (χ0n) is 21.0. The number of hydrogen-bond acceptors (Lipinski definition) is 5. The number of guanidine groups is 1. The van der Waals surface area contributed by atoms with E-state index in [2.05, 4.69) is 53.3 Å². The van der Waals surface area contributed by atoms with E-state index >= 15 is 0 Å². The second-order valence-corrected chi connectivity index (χ2v) is 9.09. The molecule has 0 atom stereocenters. The molecule has 3 rings (SSSR count). The van der Waals surface area contributed by atoms with Gasteiger partial charge in [-0.25, -0.2) is 4.99 Å². The van der Waals surface area contributed by atoms with Gasteiger partial charge in [-0.05, 0) is 55.6 Å². The van der Waals surface area contributed by atoms with Gasteiger partial charge in [0.2, 0.25) is 5.96 Å². The fraction of sp³-hybridized carbons (Fsp3) is 0.280. The molecule has 1 aromatic carbocycles. The third kappa shape index (κ3) is 9.56. The molecule has 1 aromatic heterocycles. The number of aromatic amines is 1. The Labute approximate surface area is 223 Å². The number of piperazine rings is 1. The predicted octanol–water partition coefficient (Wildman–Crippen LogP) is 4.82. The third-order valence-electron chi connectivity index (χ3n) is 5.17. The molecule has 9 nitrogen and oxygen atoms in total. The summed E-state index contributed by atoms with van der Waals surface area (Å²) in [7, 11) is 2.05. The summed E-state index contributed by atoms with van der Waals surface area (Å²) in [6.07, 6.45) is 4.19. The average molecular weight is 547 g/mol. The number of allylic oxidation sites excluding steroid dienone is 5. The van der Waals surface area contributed by atoms with Crippen LogP contribution in [-0.4, -0.2) is 77.1 Å². The fourth-order valence-corrected chi connectivity index (χ4v) is 3.95. The van der Waals surface area contributed by atoms with Crippen molar-refractivity contribution in [1.29, 1.82) is 0 Å². The molecule has 202 valence electrons. The maximum Gasteiger partial charge on any atom is 0.573 e. The lowest BCUT2D eigenvalue weighted by atomic mass is 10.1. The Morgan fingerprint density at radius 3 is 2.55 bits per heavy atom. The number of nitrogens with two attached hydrogens (primary N) is 1. The van der Waals surface area contributed by atoms with Gasteiger partial charge in [0, 0.05) is 37.1 Å². The van der Waals surface area contributed by atoms with E-state index in [1.807, 2.05) is 19.1 Å².